The quantitative estimate of drug-likeness (QED) is 0.921. The zero-order valence-corrected chi connectivity index (χ0v) is 12.4. The van der Waals surface area contributed by atoms with Crippen LogP contribution in [0.2, 0.25) is 0 Å². The molecule has 19 heavy (non-hydrogen) atoms. The Labute approximate surface area is 118 Å². The molecule has 2 aromatic rings. The van der Waals surface area contributed by atoms with Gasteiger partial charge in [0, 0.05) is 11.8 Å². The van der Waals surface area contributed by atoms with E-state index in [1.807, 2.05) is 0 Å². The van der Waals surface area contributed by atoms with Gasteiger partial charge in [0.2, 0.25) is 10.0 Å². The highest BCUT2D eigenvalue weighted by molar-refractivity contribution is 9.10. The van der Waals surface area contributed by atoms with Crippen LogP contribution in [0.25, 0.3) is 0 Å². The van der Waals surface area contributed by atoms with Gasteiger partial charge in [-0.1, -0.05) is 18.2 Å². The molecule has 0 radical (unpaired) electrons. The van der Waals surface area contributed by atoms with Gasteiger partial charge in [-0.05, 0) is 22.0 Å². The lowest BCUT2D eigenvalue weighted by molar-refractivity contribution is 0.585. The number of nitrogens with zero attached hydrogens (tertiary/aromatic N) is 2. The maximum atomic E-state index is 13.5. The zero-order valence-electron chi connectivity index (χ0n) is 9.97. The summed E-state index contributed by atoms with van der Waals surface area (Å²) in [4.78, 5) is 0. The summed E-state index contributed by atoms with van der Waals surface area (Å²) < 4.78 is 40.0. The Kier molecular flexibility index (Phi) is 3.91. The van der Waals surface area contributed by atoms with Gasteiger partial charge in [-0.25, -0.2) is 12.8 Å². The van der Waals surface area contributed by atoms with Crippen LogP contribution in [0.15, 0.2) is 34.9 Å². The van der Waals surface area contributed by atoms with Gasteiger partial charge in [-0.3, -0.25) is 9.40 Å². The number of hydrogen-bond donors (Lipinski definition) is 1. The zero-order chi connectivity index (χ0) is 14.0. The largest absolute Gasteiger partial charge is 0.265 e. The number of benzene rings is 1. The lowest BCUT2D eigenvalue weighted by atomic mass is 10.2. The Morgan fingerprint density at radius 1 is 1.42 bits per heavy atom. The van der Waals surface area contributed by atoms with Crippen LogP contribution in [-0.2, 0) is 16.6 Å². The summed E-state index contributed by atoms with van der Waals surface area (Å²) in [5.74, 6) is -0.148. The molecular weight excluding hydrogens is 337 g/mol. The molecule has 0 aliphatic heterocycles. The van der Waals surface area contributed by atoms with Crippen molar-refractivity contribution in [3.8, 4) is 0 Å². The monoisotopic (exact) mass is 347 g/mol. The maximum absolute atomic E-state index is 13.5. The van der Waals surface area contributed by atoms with E-state index in [9.17, 15) is 12.8 Å². The highest BCUT2D eigenvalue weighted by Gasteiger charge is 2.11. The molecule has 0 amide bonds. The van der Waals surface area contributed by atoms with Crippen molar-refractivity contribution in [3.63, 3.8) is 0 Å². The fraction of sp³-hybridized carbons (Fsp3) is 0.182. The molecule has 0 fully saturated rings. The third-order valence-corrected chi connectivity index (χ3v) is 3.43. The van der Waals surface area contributed by atoms with Gasteiger partial charge in [-0.2, -0.15) is 5.10 Å². The van der Waals surface area contributed by atoms with E-state index < -0.39 is 10.0 Å². The van der Waals surface area contributed by atoms with Crippen LogP contribution in [0.1, 0.15) is 5.56 Å². The molecule has 8 heteroatoms. The topological polar surface area (TPSA) is 64.0 Å². The number of nitrogens with one attached hydrogen (secondary N) is 1. The Hall–Kier alpha value is -1.41. The predicted molar refractivity (Wildman–Crippen MR) is 73.9 cm³/mol. The SMILES string of the molecule is CS(=O)(=O)Nc1nn(Cc2ccccc2F)cc1Br. The Morgan fingerprint density at radius 2 is 2.11 bits per heavy atom. The van der Waals surface area contributed by atoms with Gasteiger partial charge in [0.05, 0.1) is 17.3 Å². The number of hydrogen-bond acceptors (Lipinski definition) is 3. The highest BCUT2D eigenvalue weighted by atomic mass is 79.9. The van der Waals surface area contributed by atoms with Crippen LogP contribution in [0.3, 0.4) is 0 Å². The van der Waals surface area contributed by atoms with E-state index >= 15 is 0 Å². The van der Waals surface area contributed by atoms with E-state index in [1.54, 1.807) is 24.4 Å². The van der Waals surface area contributed by atoms with Crippen molar-refractivity contribution in [1.82, 2.24) is 9.78 Å². The third-order valence-electron chi connectivity index (χ3n) is 2.29. The minimum absolute atomic E-state index is 0.179. The van der Waals surface area contributed by atoms with E-state index in [1.165, 1.54) is 10.7 Å². The molecule has 2 rings (SSSR count). The summed E-state index contributed by atoms with van der Waals surface area (Å²) in [6, 6.07) is 6.35. The first-order valence-electron chi connectivity index (χ1n) is 5.29. The van der Waals surface area contributed by atoms with Crippen LogP contribution in [0.5, 0.6) is 0 Å². The summed E-state index contributed by atoms with van der Waals surface area (Å²) >= 11 is 3.20. The van der Waals surface area contributed by atoms with Crippen molar-refractivity contribution >= 4 is 31.8 Å². The summed E-state index contributed by atoms with van der Waals surface area (Å²) in [5, 5.41) is 4.04. The number of aromatic nitrogens is 2. The standard InChI is InChI=1S/C11H11BrFN3O2S/c1-19(17,18)15-11-9(12)7-16(14-11)6-8-4-2-3-5-10(8)13/h2-5,7H,6H2,1H3,(H,14,15). The van der Waals surface area contributed by atoms with E-state index in [0.717, 1.165) is 6.26 Å². The molecule has 0 unspecified atom stereocenters. The fourth-order valence-corrected chi connectivity index (χ4v) is 2.57. The van der Waals surface area contributed by atoms with E-state index in [-0.39, 0.29) is 18.2 Å². The molecule has 1 heterocycles. The van der Waals surface area contributed by atoms with Crippen molar-refractivity contribution in [2.45, 2.75) is 6.54 Å². The molecule has 0 aliphatic rings. The molecule has 1 aromatic heterocycles. The molecule has 0 aliphatic carbocycles. The molecule has 5 nitrogen and oxygen atoms in total. The molecule has 0 saturated carbocycles. The number of halogens is 2. The van der Waals surface area contributed by atoms with Crippen molar-refractivity contribution in [1.29, 1.82) is 0 Å². The van der Waals surface area contributed by atoms with Crippen LogP contribution >= 0.6 is 15.9 Å². The predicted octanol–water partition coefficient (Wildman–Crippen LogP) is 2.20. The number of anilines is 1. The average Bonchev–Trinajstić information content (AvgIpc) is 2.60. The van der Waals surface area contributed by atoms with Crippen LogP contribution in [0, 0.1) is 5.82 Å². The Bertz CT molecular complexity index is 700. The first-order chi connectivity index (χ1) is 8.85. The second-order valence-electron chi connectivity index (χ2n) is 3.99. The van der Waals surface area contributed by atoms with Crippen molar-refractivity contribution < 1.29 is 12.8 Å². The molecular formula is C11H11BrFN3O2S. The Balaban J connectivity index is 2.24. The van der Waals surface area contributed by atoms with Gasteiger partial charge in [-0.15, -0.1) is 0 Å². The molecule has 102 valence electrons. The number of rotatable bonds is 4. The van der Waals surface area contributed by atoms with Crippen molar-refractivity contribution in [2.24, 2.45) is 0 Å². The minimum atomic E-state index is -3.40. The normalized spacial score (nSPS) is 11.5. The van der Waals surface area contributed by atoms with E-state index in [0.29, 0.717) is 10.0 Å². The minimum Gasteiger partial charge on any atom is -0.265 e. The van der Waals surface area contributed by atoms with E-state index in [2.05, 4.69) is 25.8 Å². The van der Waals surface area contributed by atoms with Crippen LogP contribution in [0.4, 0.5) is 10.2 Å². The summed E-state index contributed by atoms with van der Waals surface area (Å²) in [6.45, 7) is 0.219. The fourth-order valence-electron chi connectivity index (χ4n) is 1.52. The summed E-state index contributed by atoms with van der Waals surface area (Å²) in [6.07, 6.45) is 2.62. The number of sulfonamides is 1. The third kappa shape index (κ3) is 3.77. The molecule has 0 saturated heterocycles. The van der Waals surface area contributed by atoms with Crippen LogP contribution < -0.4 is 4.72 Å². The van der Waals surface area contributed by atoms with Gasteiger partial charge in [0.15, 0.2) is 5.82 Å². The van der Waals surface area contributed by atoms with Crippen molar-refractivity contribution in [2.75, 3.05) is 11.0 Å². The van der Waals surface area contributed by atoms with Crippen LogP contribution in [-0.4, -0.2) is 24.5 Å². The Morgan fingerprint density at radius 3 is 2.74 bits per heavy atom. The molecule has 1 aromatic carbocycles. The lowest BCUT2D eigenvalue weighted by Crippen LogP contribution is -2.11. The van der Waals surface area contributed by atoms with Gasteiger partial charge < -0.3 is 0 Å². The molecule has 1 N–H and O–H groups in total. The van der Waals surface area contributed by atoms with Crippen molar-refractivity contribution in [3.05, 3.63) is 46.3 Å². The second-order valence-corrected chi connectivity index (χ2v) is 6.59. The first-order valence-corrected chi connectivity index (χ1v) is 7.98. The summed E-state index contributed by atoms with van der Waals surface area (Å²) in [7, 11) is -3.40. The smallest absolute Gasteiger partial charge is 0.231 e. The average molecular weight is 348 g/mol. The van der Waals surface area contributed by atoms with Gasteiger partial charge >= 0.3 is 0 Å². The summed E-state index contributed by atoms with van der Waals surface area (Å²) in [5.41, 5.74) is 0.475. The first kappa shape index (κ1) is 14.0. The molecule has 0 bridgehead atoms. The second kappa shape index (κ2) is 5.30. The molecule has 0 atom stereocenters. The van der Waals surface area contributed by atoms with Gasteiger partial charge in [0.25, 0.3) is 0 Å². The van der Waals surface area contributed by atoms with Gasteiger partial charge in [0.1, 0.15) is 5.82 Å². The maximum Gasteiger partial charge on any atom is 0.231 e. The highest BCUT2D eigenvalue weighted by Crippen LogP contribution is 2.21. The molecule has 0 spiro atoms. The van der Waals surface area contributed by atoms with E-state index in [4.69, 9.17) is 0 Å². The lowest BCUT2D eigenvalue weighted by Gasteiger charge is -2.03.